The van der Waals surface area contributed by atoms with Gasteiger partial charge in [-0.1, -0.05) is 23.8 Å². The number of carbonyl (C=O) groups excluding carboxylic acids is 1. The zero-order valence-electron chi connectivity index (χ0n) is 18.3. The van der Waals surface area contributed by atoms with Crippen molar-refractivity contribution in [2.75, 3.05) is 39.8 Å². The normalized spacial score (nSPS) is 17.1. The van der Waals surface area contributed by atoms with E-state index < -0.39 is 0 Å². The molecule has 3 rings (SSSR count). The van der Waals surface area contributed by atoms with E-state index in [4.69, 9.17) is 9.15 Å². The zero-order chi connectivity index (χ0) is 21.5. The number of rotatable bonds is 6. The van der Waals surface area contributed by atoms with Crippen LogP contribution < -0.4 is 10.6 Å². The lowest BCUT2D eigenvalue weighted by Gasteiger charge is -2.35. The second-order valence-electron chi connectivity index (χ2n) is 7.68. The lowest BCUT2D eigenvalue weighted by atomic mass is 10.00. The molecule has 1 aromatic heterocycles. The minimum atomic E-state index is -0.175. The predicted octanol–water partition coefficient (Wildman–Crippen LogP) is 2.97. The van der Waals surface area contributed by atoms with Gasteiger partial charge in [-0.15, -0.1) is 0 Å². The summed E-state index contributed by atoms with van der Waals surface area (Å²) in [6.07, 6.45) is 2.35. The highest BCUT2D eigenvalue weighted by Crippen LogP contribution is 2.25. The Morgan fingerprint density at radius 2 is 1.97 bits per heavy atom. The summed E-state index contributed by atoms with van der Waals surface area (Å²) >= 11 is 0. The fraction of sp³-hybridized carbons (Fsp3) is 0.478. The Morgan fingerprint density at radius 1 is 1.17 bits per heavy atom. The van der Waals surface area contributed by atoms with E-state index >= 15 is 0 Å². The van der Waals surface area contributed by atoms with E-state index in [0.29, 0.717) is 18.9 Å². The fourth-order valence-electron chi connectivity index (χ4n) is 3.73. The van der Waals surface area contributed by atoms with Crippen LogP contribution in [-0.4, -0.2) is 56.6 Å². The van der Waals surface area contributed by atoms with Crippen molar-refractivity contribution in [3.8, 4) is 0 Å². The molecule has 1 aliphatic rings. The number of aliphatic imine (C=N–C) groups is 1. The van der Waals surface area contributed by atoms with E-state index in [0.717, 1.165) is 37.6 Å². The van der Waals surface area contributed by atoms with Gasteiger partial charge in [-0.05, 0) is 44.4 Å². The van der Waals surface area contributed by atoms with Gasteiger partial charge in [-0.2, -0.15) is 0 Å². The molecule has 1 fully saturated rings. The molecule has 2 N–H and O–H groups in total. The molecule has 1 saturated heterocycles. The first-order valence-electron chi connectivity index (χ1n) is 10.5. The van der Waals surface area contributed by atoms with E-state index in [-0.39, 0.29) is 12.0 Å². The lowest BCUT2D eigenvalue weighted by Crippen LogP contribution is -2.48. The van der Waals surface area contributed by atoms with Crippen molar-refractivity contribution in [1.29, 1.82) is 0 Å². The summed E-state index contributed by atoms with van der Waals surface area (Å²) in [7, 11) is 1.80. The average Bonchev–Trinajstić information content (AvgIpc) is 3.16. The standard InChI is InChI=1S/C23H32N4O3/c1-16-6-7-19(18(3)14-16)20-15-27(11-13-29-20)23(24-4)26-10-5-9-25-22(28)21-17(2)8-12-30-21/h6-8,12,14,20H,5,9-11,13,15H2,1-4H3,(H,24,26)(H,25,28). The van der Waals surface area contributed by atoms with E-state index in [1.165, 1.54) is 23.0 Å². The van der Waals surface area contributed by atoms with Crippen LogP contribution in [0.3, 0.4) is 0 Å². The van der Waals surface area contributed by atoms with Gasteiger partial charge in [0.2, 0.25) is 0 Å². The highest BCUT2D eigenvalue weighted by molar-refractivity contribution is 5.92. The Balaban J connectivity index is 1.46. The lowest BCUT2D eigenvalue weighted by molar-refractivity contribution is -0.00831. The van der Waals surface area contributed by atoms with Gasteiger partial charge in [0.05, 0.1) is 19.4 Å². The van der Waals surface area contributed by atoms with Gasteiger partial charge >= 0.3 is 0 Å². The number of hydrogen-bond acceptors (Lipinski definition) is 4. The summed E-state index contributed by atoms with van der Waals surface area (Å²) in [5.74, 6) is 1.07. The quantitative estimate of drug-likeness (QED) is 0.433. The van der Waals surface area contributed by atoms with E-state index in [1.54, 1.807) is 13.1 Å². The number of benzene rings is 1. The van der Waals surface area contributed by atoms with Crippen LogP contribution in [0.15, 0.2) is 39.9 Å². The van der Waals surface area contributed by atoms with Gasteiger partial charge in [0.1, 0.15) is 6.10 Å². The van der Waals surface area contributed by atoms with Crippen LogP contribution in [0.25, 0.3) is 0 Å². The Hall–Kier alpha value is -2.80. The number of nitrogens with one attached hydrogen (secondary N) is 2. The molecule has 162 valence electrons. The number of ether oxygens (including phenoxy) is 1. The highest BCUT2D eigenvalue weighted by atomic mass is 16.5. The van der Waals surface area contributed by atoms with Crippen LogP contribution >= 0.6 is 0 Å². The third-order valence-electron chi connectivity index (χ3n) is 5.34. The Kier molecular flexibility index (Phi) is 7.52. The van der Waals surface area contributed by atoms with Crippen LogP contribution in [0.4, 0.5) is 0 Å². The monoisotopic (exact) mass is 412 g/mol. The maximum absolute atomic E-state index is 12.1. The second-order valence-corrected chi connectivity index (χ2v) is 7.68. The van der Waals surface area contributed by atoms with Gasteiger partial charge in [-0.3, -0.25) is 9.79 Å². The third-order valence-corrected chi connectivity index (χ3v) is 5.34. The summed E-state index contributed by atoms with van der Waals surface area (Å²) in [4.78, 5) is 18.7. The van der Waals surface area contributed by atoms with Crippen molar-refractivity contribution in [3.05, 3.63) is 58.5 Å². The van der Waals surface area contributed by atoms with Gasteiger partial charge in [0.15, 0.2) is 11.7 Å². The third kappa shape index (κ3) is 5.42. The Morgan fingerprint density at radius 3 is 2.67 bits per heavy atom. The summed E-state index contributed by atoms with van der Waals surface area (Å²) < 4.78 is 11.3. The molecule has 2 aromatic rings. The maximum Gasteiger partial charge on any atom is 0.287 e. The first-order valence-corrected chi connectivity index (χ1v) is 10.5. The SMILES string of the molecule is CN=C(NCCCNC(=O)c1occc1C)N1CCOC(c2ccc(C)cc2C)C1. The Labute approximate surface area is 178 Å². The van der Waals surface area contributed by atoms with E-state index in [1.807, 2.05) is 6.92 Å². The van der Waals surface area contributed by atoms with Crippen LogP contribution in [-0.2, 0) is 4.74 Å². The minimum Gasteiger partial charge on any atom is -0.459 e. The van der Waals surface area contributed by atoms with Crippen LogP contribution in [0.2, 0.25) is 0 Å². The molecule has 7 heteroatoms. The number of carbonyl (C=O) groups is 1. The summed E-state index contributed by atoms with van der Waals surface area (Å²) in [6.45, 7) is 9.61. The van der Waals surface area contributed by atoms with Crippen LogP contribution in [0.1, 0.15) is 45.3 Å². The number of aryl methyl sites for hydroxylation is 3. The summed E-state index contributed by atoms with van der Waals surface area (Å²) in [5.41, 5.74) is 4.59. The minimum absolute atomic E-state index is 0.0359. The predicted molar refractivity (Wildman–Crippen MR) is 118 cm³/mol. The van der Waals surface area contributed by atoms with Crippen molar-refractivity contribution in [3.63, 3.8) is 0 Å². The molecule has 0 aliphatic carbocycles. The first kappa shape index (κ1) is 21.9. The van der Waals surface area contributed by atoms with Crippen LogP contribution in [0.5, 0.6) is 0 Å². The van der Waals surface area contributed by atoms with Gasteiger partial charge in [0, 0.05) is 32.2 Å². The van der Waals surface area contributed by atoms with Gasteiger partial charge in [0.25, 0.3) is 5.91 Å². The molecule has 30 heavy (non-hydrogen) atoms. The highest BCUT2D eigenvalue weighted by Gasteiger charge is 2.25. The molecular weight excluding hydrogens is 380 g/mol. The molecule has 2 heterocycles. The zero-order valence-corrected chi connectivity index (χ0v) is 18.3. The molecule has 7 nitrogen and oxygen atoms in total. The second kappa shape index (κ2) is 10.3. The average molecular weight is 413 g/mol. The molecule has 0 spiro atoms. The number of furan rings is 1. The van der Waals surface area contributed by atoms with Crippen LogP contribution in [0, 0.1) is 20.8 Å². The smallest absolute Gasteiger partial charge is 0.287 e. The van der Waals surface area contributed by atoms with Crippen molar-refractivity contribution in [2.24, 2.45) is 4.99 Å². The molecular formula is C23H32N4O3. The number of guanidine groups is 1. The van der Waals surface area contributed by atoms with Gasteiger partial charge in [-0.25, -0.2) is 0 Å². The van der Waals surface area contributed by atoms with Crippen molar-refractivity contribution in [1.82, 2.24) is 15.5 Å². The van der Waals surface area contributed by atoms with Gasteiger partial charge < -0.3 is 24.7 Å². The fourth-order valence-corrected chi connectivity index (χ4v) is 3.73. The molecule has 1 unspecified atom stereocenters. The topological polar surface area (TPSA) is 79.1 Å². The molecule has 0 saturated carbocycles. The van der Waals surface area contributed by atoms with Crippen molar-refractivity contribution < 1.29 is 13.9 Å². The number of nitrogens with zero attached hydrogens (tertiary/aromatic N) is 2. The number of amides is 1. The van der Waals surface area contributed by atoms with E-state index in [2.05, 4.69) is 52.6 Å². The molecule has 0 radical (unpaired) electrons. The molecule has 0 bridgehead atoms. The largest absolute Gasteiger partial charge is 0.459 e. The molecule has 1 aliphatic heterocycles. The first-order chi connectivity index (χ1) is 14.5. The Bertz CT molecular complexity index is 890. The molecule has 1 aromatic carbocycles. The summed E-state index contributed by atoms with van der Waals surface area (Å²) in [6, 6.07) is 8.28. The van der Waals surface area contributed by atoms with Crippen molar-refractivity contribution >= 4 is 11.9 Å². The van der Waals surface area contributed by atoms with Crippen molar-refractivity contribution in [2.45, 2.75) is 33.3 Å². The maximum atomic E-state index is 12.1. The van der Waals surface area contributed by atoms with E-state index in [9.17, 15) is 4.79 Å². The summed E-state index contributed by atoms with van der Waals surface area (Å²) in [5, 5.41) is 6.29. The number of hydrogen-bond donors (Lipinski definition) is 2. The molecule has 1 amide bonds. The number of morpholine rings is 1. The molecule has 1 atom stereocenters.